The number of carboxylic acid groups (broad SMARTS) is 2. The van der Waals surface area contributed by atoms with E-state index in [1.807, 2.05) is 64.1 Å². The number of hydrogen-bond acceptors (Lipinski definition) is 4. The Morgan fingerprint density at radius 3 is 1.95 bits per heavy atom. The van der Waals surface area contributed by atoms with E-state index in [9.17, 15) is 19.8 Å². The fourth-order valence-corrected chi connectivity index (χ4v) is 5.77. The molecule has 5 heterocycles. The van der Waals surface area contributed by atoms with Crippen molar-refractivity contribution in [3.05, 3.63) is 88.5 Å². The van der Waals surface area contributed by atoms with Gasteiger partial charge >= 0.3 is 29.0 Å². The first-order valence-corrected chi connectivity index (χ1v) is 13.9. The molecule has 3 aromatic rings. The van der Waals surface area contributed by atoms with Crippen LogP contribution in [0.1, 0.15) is 78.1 Å². The molecule has 0 spiro atoms. The molecule has 0 saturated carbocycles. The molecule has 0 aromatic carbocycles. The van der Waals surface area contributed by atoms with E-state index in [0.29, 0.717) is 24.2 Å². The Bertz CT molecular complexity index is 1920. The Morgan fingerprint density at radius 2 is 1.30 bits per heavy atom. The van der Waals surface area contributed by atoms with Crippen LogP contribution in [0.3, 0.4) is 0 Å². The summed E-state index contributed by atoms with van der Waals surface area (Å²) >= 11 is 0. The van der Waals surface area contributed by atoms with Crippen molar-refractivity contribution >= 4 is 62.4 Å². The number of aromatic nitrogens is 4. The number of H-pyrrole nitrogens is 2. The summed E-state index contributed by atoms with van der Waals surface area (Å²) in [7, 11) is 0. The Hall–Kier alpha value is -4.46. The van der Waals surface area contributed by atoms with Crippen LogP contribution in [0.15, 0.2) is 43.5 Å². The van der Waals surface area contributed by atoms with Crippen molar-refractivity contribution in [2.45, 2.75) is 53.4 Å². The Kier molecular flexibility index (Phi) is 9.09. The zero-order valence-electron chi connectivity index (χ0n) is 24.7. The third-order valence-corrected chi connectivity index (χ3v) is 8.22. The van der Waals surface area contributed by atoms with Gasteiger partial charge in [0.25, 0.3) is 0 Å². The standard InChI is InChI=1S/C34H34N4O4.Fe/c1-7-21-17(3)25-13-26-19(5)23(9-11-33(39)40)31(37-26)16-32-24(10-12-34(41)42)20(6)28(38-32)15-30-22(8-2)18(4)27(36-30)14-29(21)35-25;/h7-8,13-16,36,38H,1-2,9-12H2,3-6H3,(H,39,40)(H,41,42);/q;+3. The summed E-state index contributed by atoms with van der Waals surface area (Å²) in [5.74, 6) is -1.76. The van der Waals surface area contributed by atoms with Gasteiger partial charge in [-0.1, -0.05) is 25.3 Å². The van der Waals surface area contributed by atoms with E-state index in [4.69, 9.17) is 9.97 Å². The van der Waals surface area contributed by atoms with Crippen LogP contribution in [0.5, 0.6) is 0 Å². The third-order valence-electron chi connectivity index (χ3n) is 8.22. The predicted octanol–water partition coefficient (Wildman–Crippen LogP) is 7.50. The average molecular weight is 619 g/mol. The van der Waals surface area contributed by atoms with Gasteiger partial charge in [-0.3, -0.25) is 9.59 Å². The molecule has 0 fully saturated rings. The zero-order chi connectivity index (χ0) is 30.3. The van der Waals surface area contributed by atoms with E-state index in [2.05, 4.69) is 23.1 Å². The number of nitrogens with one attached hydrogen (secondary N) is 2. The molecule has 5 rings (SSSR count). The second kappa shape index (κ2) is 12.4. The number of rotatable bonds is 8. The summed E-state index contributed by atoms with van der Waals surface area (Å²) in [6.07, 6.45) is 4.22. The fraction of sp³-hybridized carbons (Fsp3) is 0.235. The zero-order valence-corrected chi connectivity index (χ0v) is 25.8. The quantitative estimate of drug-likeness (QED) is 0.193. The van der Waals surface area contributed by atoms with Crippen LogP contribution in [-0.4, -0.2) is 42.1 Å². The number of hydrogen-bond donors (Lipinski definition) is 4. The molecular formula is C34H34FeN4O4+3. The van der Waals surface area contributed by atoms with E-state index < -0.39 is 11.9 Å². The van der Waals surface area contributed by atoms with Crippen molar-refractivity contribution in [3.8, 4) is 0 Å². The van der Waals surface area contributed by atoms with Crippen molar-refractivity contribution < 1.29 is 36.9 Å². The molecule has 8 nitrogen and oxygen atoms in total. The topological polar surface area (TPSA) is 132 Å². The van der Waals surface area contributed by atoms with Crippen LogP contribution in [0.2, 0.25) is 0 Å². The van der Waals surface area contributed by atoms with Crippen molar-refractivity contribution in [1.29, 1.82) is 0 Å². The van der Waals surface area contributed by atoms with Crippen LogP contribution in [0.4, 0.5) is 0 Å². The van der Waals surface area contributed by atoms with Gasteiger partial charge in [0.05, 0.1) is 22.8 Å². The molecule has 2 aliphatic heterocycles. The van der Waals surface area contributed by atoms with E-state index in [1.54, 1.807) is 0 Å². The average Bonchev–Trinajstić information content (AvgIpc) is 3.59. The number of aryl methyl sites for hydroxylation is 3. The number of carbonyl (C=O) groups is 2. The number of allylic oxidation sites excluding steroid dienone is 5. The molecule has 0 aliphatic carbocycles. The number of fused-ring (bicyclic) bond motifs is 8. The summed E-state index contributed by atoms with van der Waals surface area (Å²) in [5.41, 5.74) is 13.7. The molecule has 2 aliphatic rings. The summed E-state index contributed by atoms with van der Waals surface area (Å²) in [6, 6.07) is 7.88. The maximum absolute atomic E-state index is 11.5. The molecule has 4 N–H and O–H groups in total. The van der Waals surface area contributed by atoms with E-state index in [1.165, 1.54) is 0 Å². The molecule has 0 amide bonds. The summed E-state index contributed by atoms with van der Waals surface area (Å²) in [4.78, 5) is 40.0. The molecule has 1 radical (unpaired) electrons. The van der Waals surface area contributed by atoms with E-state index in [0.717, 1.165) is 78.0 Å². The minimum absolute atomic E-state index is 0. The fourth-order valence-electron chi connectivity index (χ4n) is 5.77. The van der Waals surface area contributed by atoms with Crippen LogP contribution < -0.4 is 0 Å². The van der Waals surface area contributed by atoms with Gasteiger partial charge in [-0.2, -0.15) is 0 Å². The first kappa shape index (κ1) is 31.5. The second-order valence-electron chi connectivity index (χ2n) is 10.7. The first-order chi connectivity index (χ1) is 20.0. The van der Waals surface area contributed by atoms with Gasteiger partial charge in [-0.15, -0.1) is 0 Å². The molecule has 9 heteroatoms. The van der Waals surface area contributed by atoms with E-state index in [-0.39, 0.29) is 29.9 Å². The van der Waals surface area contributed by atoms with Crippen molar-refractivity contribution in [3.63, 3.8) is 0 Å². The van der Waals surface area contributed by atoms with Crippen LogP contribution in [-0.2, 0) is 33.1 Å². The van der Waals surface area contributed by atoms with Crippen LogP contribution >= 0.6 is 0 Å². The largest absolute Gasteiger partial charge is 3.00 e. The predicted molar refractivity (Wildman–Crippen MR) is 169 cm³/mol. The maximum Gasteiger partial charge on any atom is 3.00 e. The molecule has 3 aromatic heterocycles. The first-order valence-electron chi connectivity index (χ1n) is 13.9. The smallest absolute Gasteiger partial charge is 0.481 e. The minimum Gasteiger partial charge on any atom is -0.481 e. The molecule has 0 atom stereocenters. The van der Waals surface area contributed by atoms with Crippen molar-refractivity contribution in [1.82, 2.24) is 19.9 Å². The third kappa shape index (κ3) is 5.91. The van der Waals surface area contributed by atoms with Crippen LogP contribution in [0, 0.1) is 13.8 Å². The maximum atomic E-state index is 11.5. The molecule has 0 saturated heterocycles. The van der Waals surface area contributed by atoms with Gasteiger partial charge in [-0.05, 0) is 98.2 Å². The number of aromatic amines is 2. The van der Waals surface area contributed by atoms with Gasteiger partial charge in [0.1, 0.15) is 0 Å². The van der Waals surface area contributed by atoms with E-state index >= 15 is 0 Å². The minimum atomic E-state index is -0.886. The summed E-state index contributed by atoms with van der Waals surface area (Å²) in [6.45, 7) is 16.0. The number of nitrogens with zero attached hydrogens (tertiary/aromatic N) is 2. The molecule has 219 valence electrons. The molecule has 43 heavy (non-hydrogen) atoms. The van der Waals surface area contributed by atoms with Gasteiger partial charge in [0, 0.05) is 46.0 Å². The Morgan fingerprint density at radius 1 is 0.721 bits per heavy atom. The molecule has 8 bridgehead atoms. The Balaban J connectivity index is 0.00000423. The van der Waals surface area contributed by atoms with Crippen molar-refractivity contribution in [2.75, 3.05) is 0 Å². The number of carboxylic acids is 2. The summed E-state index contributed by atoms with van der Waals surface area (Å²) < 4.78 is 0. The summed E-state index contributed by atoms with van der Waals surface area (Å²) in [5, 5.41) is 18.9. The van der Waals surface area contributed by atoms with Gasteiger partial charge in [0.2, 0.25) is 0 Å². The van der Waals surface area contributed by atoms with Crippen molar-refractivity contribution in [2.24, 2.45) is 0 Å². The van der Waals surface area contributed by atoms with Crippen LogP contribution in [0.25, 0.3) is 50.4 Å². The van der Waals surface area contributed by atoms with Gasteiger partial charge < -0.3 is 20.2 Å². The molecular weight excluding hydrogens is 584 g/mol. The SMILES string of the molecule is C=CC1=C(C)c2cc3nc(cc4[nH]c(cc5[nH]c(cc1n2)c(C)c5C=C)c(C)c4CCC(=O)O)C(CCC(=O)O)=C3C.[Fe+3]. The second-order valence-corrected chi connectivity index (χ2v) is 10.7. The monoisotopic (exact) mass is 618 g/mol. The van der Waals surface area contributed by atoms with Gasteiger partial charge in [-0.25, -0.2) is 9.97 Å². The normalized spacial score (nSPS) is 12.7. The number of aliphatic carboxylic acids is 2. The Labute approximate surface area is 260 Å². The van der Waals surface area contributed by atoms with Gasteiger partial charge in [0.15, 0.2) is 0 Å². The molecule has 0 unspecified atom stereocenters.